The van der Waals surface area contributed by atoms with Crippen LogP contribution in [0.15, 0.2) is 54.6 Å². The smallest absolute Gasteiger partial charge is 0.325 e. The lowest BCUT2D eigenvalue weighted by molar-refractivity contribution is -0.145. The van der Waals surface area contributed by atoms with E-state index in [-0.39, 0.29) is 0 Å². The molecule has 0 heterocycles. The SMILES string of the molecule is COC(=O)[C@@H](NCc1ccc(-c2ccccc2)cc1)[C@@H](C)O. The molecule has 0 saturated carbocycles. The van der Waals surface area contributed by atoms with Gasteiger partial charge in [0.1, 0.15) is 6.04 Å². The summed E-state index contributed by atoms with van der Waals surface area (Å²) in [5.41, 5.74) is 3.34. The summed E-state index contributed by atoms with van der Waals surface area (Å²) in [6.45, 7) is 2.05. The molecule has 2 aromatic rings. The number of benzene rings is 2. The Balaban J connectivity index is 2.01. The van der Waals surface area contributed by atoms with E-state index in [0.29, 0.717) is 6.54 Å². The number of esters is 1. The molecule has 4 heteroatoms. The standard InChI is InChI=1S/C18H21NO3/c1-13(20)17(18(21)22-2)19-12-14-8-10-16(11-9-14)15-6-4-3-5-7-15/h3-11,13,17,19-20H,12H2,1-2H3/t13-,17+/m1/s1. The molecule has 0 saturated heterocycles. The van der Waals surface area contributed by atoms with Gasteiger partial charge in [-0.15, -0.1) is 0 Å². The lowest BCUT2D eigenvalue weighted by atomic mass is 10.0. The molecule has 2 atom stereocenters. The summed E-state index contributed by atoms with van der Waals surface area (Å²) in [6, 6.07) is 17.5. The molecular formula is C18H21NO3. The fourth-order valence-electron chi connectivity index (χ4n) is 2.25. The van der Waals surface area contributed by atoms with E-state index in [4.69, 9.17) is 0 Å². The molecule has 0 bridgehead atoms. The van der Waals surface area contributed by atoms with Crippen LogP contribution >= 0.6 is 0 Å². The second kappa shape index (κ2) is 7.73. The third kappa shape index (κ3) is 4.16. The zero-order valence-electron chi connectivity index (χ0n) is 12.8. The number of hydrogen-bond donors (Lipinski definition) is 2. The van der Waals surface area contributed by atoms with Gasteiger partial charge in [-0.2, -0.15) is 0 Å². The number of carbonyl (C=O) groups is 1. The first-order chi connectivity index (χ1) is 10.6. The van der Waals surface area contributed by atoms with Gasteiger partial charge in [0.2, 0.25) is 0 Å². The number of aliphatic hydroxyl groups excluding tert-OH is 1. The quantitative estimate of drug-likeness (QED) is 0.804. The second-order valence-corrected chi connectivity index (χ2v) is 5.19. The molecule has 0 unspecified atom stereocenters. The van der Waals surface area contributed by atoms with Gasteiger partial charge in [-0.1, -0.05) is 54.6 Å². The van der Waals surface area contributed by atoms with Crippen LogP contribution in [0.2, 0.25) is 0 Å². The van der Waals surface area contributed by atoms with E-state index in [9.17, 15) is 9.90 Å². The van der Waals surface area contributed by atoms with Crippen molar-refractivity contribution in [2.75, 3.05) is 7.11 Å². The van der Waals surface area contributed by atoms with Crippen molar-refractivity contribution in [3.63, 3.8) is 0 Å². The third-order valence-electron chi connectivity index (χ3n) is 3.52. The number of ether oxygens (including phenoxy) is 1. The van der Waals surface area contributed by atoms with E-state index in [1.54, 1.807) is 6.92 Å². The zero-order valence-corrected chi connectivity index (χ0v) is 12.8. The average molecular weight is 299 g/mol. The van der Waals surface area contributed by atoms with Crippen molar-refractivity contribution in [2.24, 2.45) is 0 Å². The van der Waals surface area contributed by atoms with Crippen LogP contribution in [-0.2, 0) is 16.1 Å². The summed E-state index contributed by atoms with van der Waals surface area (Å²) in [5.74, 6) is -0.462. The van der Waals surface area contributed by atoms with E-state index in [2.05, 4.69) is 22.2 Å². The highest BCUT2D eigenvalue weighted by molar-refractivity contribution is 5.76. The van der Waals surface area contributed by atoms with Crippen molar-refractivity contribution in [3.05, 3.63) is 60.2 Å². The molecule has 2 rings (SSSR count). The Kier molecular flexibility index (Phi) is 5.69. The highest BCUT2D eigenvalue weighted by Crippen LogP contribution is 2.19. The lowest BCUT2D eigenvalue weighted by Crippen LogP contribution is -2.45. The molecule has 0 fully saturated rings. The van der Waals surface area contributed by atoms with E-state index in [1.807, 2.05) is 42.5 Å². The zero-order chi connectivity index (χ0) is 15.9. The molecule has 2 aromatic carbocycles. The Morgan fingerprint density at radius 1 is 1.09 bits per heavy atom. The topological polar surface area (TPSA) is 58.6 Å². The van der Waals surface area contributed by atoms with Crippen LogP contribution in [0.3, 0.4) is 0 Å². The Morgan fingerprint density at radius 2 is 1.68 bits per heavy atom. The molecule has 4 nitrogen and oxygen atoms in total. The number of nitrogens with one attached hydrogen (secondary N) is 1. The Bertz CT molecular complexity index is 593. The second-order valence-electron chi connectivity index (χ2n) is 5.19. The van der Waals surface area contributed by atoms with Gasteiger partial charge in [-0.05, 0) is 23.6 Å². The molecule has 22 heavy (non-hydrogen) atoms. The van der Waals surface area contributed by atoms with E-state index in [1.165, 1.54) is 12.7 Å². The number of hydrogen-bond acceptors (Lipinski definition) is 4. The molecule has 0 spiro atoms. The first-order valence-electron chi connectivity index (χ1n) is 7.25. The molecule has 0 aromatic heterocycles. The monoisotopic (exact) mass is 299 g/mol. The number of methoxy groups -OCH3 is 1. The molecule has 2 N–H and O–H groups in total. The molecule has 0 aliphatic heterocycles. The number of carbonyl (C=O) groups excluding carboxylic acids is 1. The molecule has 0 radical (unpaired) electrons. The average Bonchev–Trinajstić information content (AvgIpc) is 2.56. The van der Waals surface area contributed by atoms with E-state index < -0.39 is 18.1 Å². The summed E-state index contributed by atoms with van der Waals surface area (Å²) in [4.78, 5) is 11.6. The number of rotatable bonds is 6. The van der Waals surface area contributed by atoms with Crippen molar-refractivity contribution >= 4 is 5.97 Å². The van der Waals surface area contributed by atoms with Crippen molar-refractivity contribution in [3.8, 4) is 11.1 Å². The van der Waals surface area contributed by atoms with Crippen molar-refractivity contribution in [2.45, 2.75) is 25.6 Å². The van der Waals surface area contributed by atoms with Gasteiger partial charge in [-0.3, -0.25) is 10.1 Å². The minimum absolute atomic E-state index is 0.462. The van der Waals surface area contributed by atoms with Gasteiger partial charge >= 0.3 is 5.97 Å². The fourth-order valence-corrected chi connectivity index (χ4v) is 2.25. The first kappa shape index (κ1) is 16.2. The molecule has 0 aliphatic rings. The van der Waals surface area contributed by atoms with Gasteiger partial charge in [0.25, 0.3) is 0 Å². The number of aliphatic hydroxyl groups is 1. The van der Waals surface area contributed by atoms with Crippen LogP contribution in [0.4, 0.5) is 0 Å². The molecule has 116 valence electrons. The highest BCUT2D eigenvalue weighted by Gasteiger charge is 2.23. The maximum Gasteiger partial charge on any atom is 0.325 e. The predicted octanol–water partition coefficient (Wildman–Crippen LogP) is 2.37. The van der Waals surface area contributed by atoms with Gasteiger partial charge in [0.15, 0.2) is 0 Å². The van der Waals surface area contributed by atoms with E-state index >= 15 is 0 Å². The van der Waals surface area contributed by atoms with Gasteiger partial charge in [0.05, 0.1) is 13.2 Å². The first-order valence-corrected chi connectivity index (χ1v) is 7.25. The van der Waals surface area contributed by atoms with Gasteiger partial charge < -0.3 is 9.84 Å². The molecular weight excluding hydrogens is 278 g/mol. The Labute approximate surface area is 130 Å². The summed E-state index contributed by atoms with van der Waals surface area (Å²) < 4.78 is 4.68. The Morgan fingerprint density at radius 3 is 2.23 bits per heavy atom. The van der Waals surface area contributed by atoms with Gasteiger partial charge in [0, 0.05) is 6.54 Å². The van der Waals surface area contributed by atoms with Crippen molar-refractivity contribution in [1.82, 2.24) is 5.32 Å². The fraction of sp³-hybridized carbons (Fsp3) is 0.278. The maximum absolute atomic E-state index is 11.6. The van der Waals surface area contributed by atoms with Gasteiger partial charge in [-0.25, -0.2) is 0 Å². The maximum atomic E-state index is 11.6. The van der Waals surface area contributed by atoms with E-state index in [0.717, 1.165) is 11.1 Å². The summed E-state index contributed by atoms with van der Waals surface area (Å²) in [7, 11) is 1.31. The lowest BCUT2D eigenvalue weighted by Gasteiger charge is -2.19. The van der Waals surface area contributed by atoms with Crippen LogP contribution in [0.1, 0.15) is 12.5 Å². The van der Waals surface area contributed by atoms with Crippen LogP contribution in [0.5, 0.6) is 0 Å². The van der Waals surface area contributed by atoms with Crippen molar-refractivity contribution < 1.29 is 14.6 Å². The minimum Gasteiger partial charge on any atom is -0.468 e. The largest absolute Gasteiger partial charge is 0.468 e. The minimum atomic E-state index is -0.809. The third-order valence-corrected chi connectivity index (χ3v) is 3.52. The van der Waals surface area contributed by atoms with Crippen LogP contribution in [0, 0.1) is 0 Å². The van der Waals surface area contributed by atoms with Crippen LogP contribution < -0.4 is 5.32 Å². The molecule has 0 aliphatic carbocycles. The van der Waals surface area contributed by atoms with Crippen LogP contribution in [0.25, 0.3) is 11.1 Å². The Hall–Kier alpha value is -2.17. The van der Waals surface area contributed by atoms with Crippen molar-refractivity contribution in [1.29, 1.82) is 0 Å². The highest BCUT2D eigenvalue weighted by atomic mass is 16.5. The van der Waals surface area contributed by atoms with Crippen LogP contribution in [-0.4, -0.2) is 30.3 Å². The molecule has 0 amide bonds. The normalized spacial score (nSPS) is 13.4. The summed E-state index contributed by atoms with van der Waals surface area (Å²) in [6.07, 6.45) is -0.809. The summed E-state index contributed by atoms with van der Waals surface area (Å²) >= 11 is 0. The summed E-state index contributed by atoms with van der Waals surface area (Å²) in [5, 5.41) is 12.6. The predicted molar refractivity (Wildman–Crippen MR) is 86.2 cm³/mol.